The quantitative estimate of drug-likeness (QED) is 0.683. The van der Waals surface area contributed by atoms with Gasteiger partial charge in [-0.15, -0.1) is 11.3 Å². The Morgan fingerprint density at radius 3 is 2.92 bits per heavy atom. The first-order valence-corrected chi connectivity index (χ1v) is 8.48. The number of hydrogen-bond donors (Lipinski definition) is 2. The number of esters is 1. The van der Waals surface area contributed by atoms with Crippen molar-refractivity contribution in [1.82, 2.24) is 9.97 Å². The van der Waals surface area contributed by atoms with Crippen LogP contribution < -0.4 is 10.9 Å². The third-order valence-corrected chi connectivity index (χ3v) is 4.21. The van der Waals surface area contributed by atoms with Crippen LogP contribution in [0.25, 0.3) is 10.8 Å². The monoisotopic (exact) mass is 357 g/mol. The molecule has 0 saturated heterocycles. The zero-order chi connectivity index (χ0) is 17.8. The lowest BCUT2D eigenvalue weighted by Crippen LogP contribution is -2.19. The van der Waals surface area contributed by atoms with Crippen molar-refractivity contribution >= 4 is 39.1 Å². The van der Waals surface area contributed by atoms with E-state index in [0.29, 0.717) is 28.2 Å². The van der Waals surface area contributed by atoms with Gasteiger partial charge in [0.2, 0.25) is 0 Å². The zero-order valence-electron chi connectivity index (χ0n) is 13.4. The predicted octanol–water partition coefficient (Wildman–Crippen LogP) is 2.34. The van der Waals surface area contributed by atoms with E-state index < -0.39 is 5.91 Å². The molecule has 0 unspecified atom stereocenters. The van der Waals surface area contributed by atoms with Crippen LogP contribution >= 0.6 is 11.3 Å². The number of amides is 1. The average Bonchev–Trinajstić information content (AvgIpc) is 3.01. The van der Waals surface area contributed by atoms with Crippen molar-refractivity contribution in [2.24, 2.45) is 0 Å². The highest BCUT2D eigenvalue weighted by atomic mass is 32.1. The maximum atomic E-state index is 12.3. The molecule has 0 fully saturated rings. The van der Waals surface area contributed by atoms with Crippen molar-refractivity contribution in [1.29, 1.82) is 0 Å². The van der Waals surface area contributed by atoms with E-state index in [0.717, 1.165) is 0 Å². The second kappa shape index (κ2) is 7.27. The van der Waals surface area contributed by atoms with Crippen LogP contribution in [0.2, 0.25) is 0 Å². The number of fused-ring (bicyclic) bond motifs is 1. The fourth-order valence-electron chi connectivity index (χ4n) is 2.30. The van der Waals surface area contributed by atoms with Gasteiger partial charge >= 0.3 is 5.97 Å². The summed E-state index contributed by atoms with van der Waals surface area (Å²) >= 11 is 1.20. The number of benzene rings is 1. The smallest absolute Gasteiger partial charge is 0.311 e. The molecule has 0 aliphatic heterocycles. The van der Waals surface area contributed by atoms with Gasteiger partial charge in [0.05, 0.1) is 18.7 Å². The summed E-state index contributed by atoms with van der Waals surface area (Å²) < 4.78 is 4.86. The molecule has 3 rings (SSSR count). The van der Waals surface area contributed by atoms with Gasteiger partial charge in [0.25, 0.3) is 11.5 Å². The number of aromatic amines is 1. The van der Waals surface area contributed by atoms with E-state index in [-0.39, 0.29) is 23.6 Å². The Morgan fingerprint density at radius 1 is 1.32 bits per heavy atom. The molecule has 8 heteroatoms. The SMILES string of the molecule is CCOC(=O)Cc1csc(NC(=O)c2cc3ccccc3c(=O)[nH]2)n1. The fourth-order valence-corrected chi connectivity index (χ4v) is 3.01. The number of pyridine rings is 1. The van der Waals surface area contributed by atoms with Crippen LogP contribution in [0.15, 0.2) is 40.5 Å². The maximum Gasteiger partial charge on any atom is 0.311 e. The van der Waals surface area contributed by atoms with Crippen molar-refractivity contribution in [2.45, 2.75) is 13.3 Å². The van der Waals surface area contributed by atoms with E-state index in [1.165, 1.54) is 11.3 Å². The molecule has 0 aliphatic carbocycles. The van der Waals surface area contributed by atoms with Crippen molar-refractivity contribution in [3.63, 3.8) is 0 Å². The van der Waals surface area contributed by atoms with E-state index >= 15 is 0 Å². The molecule has 2 N–H and O–H groups in total. The highest BCUT2D eigenvalue weighted by Crippen LogP contribution is 2.17. The minimum atomic E-state index is -0.472. The number of nitrogens with one attached hydrogen (secondary N) is 2. The van der Waals surface area contributed by atoms with Crippen LogP contribution in [-0.2, 0) is 16.0 Å². The minimum absolute atomic E-state index is 0.0486. The van der Waals surface area contributed by atoms with E-state index in [4.69, 9.17) is 4.74 Å². The molecule has 25 heavy (non-hydrogen) atoms. The number of rotatable bonds is 5. The Kier molecular flexibility index (Phi) is 4.90. The van der Waals surface area contributed by atoms with Crippen LogP contribution in [0.1, 0.15) is 23.1 Å². The number of hydrogen-bond acceptors (Lipinski definition) is 6. The summed E-state index contributed by atoms with van der Waals surface area (Å²) in [6.07, 6.45) is 0.0486. The van der Waals surface area contributed by atoms with Crippen LogP contribution in [0.4, 0.5) is 5.13 Å². The Balaban J connectivity index is 1.75. The second-order valence-corrected chi connectivity index (χ2v) is 6.04. The Morgan fingerprint density at radius 2 is 2.12 bits per heavy atom. The zero-order valence-corrected chi connectivity index (χ0v) is 14.2. The van der Waals surface area contributed by atoms with Gasteiger partial charge in [0, 0.05) is 10.8 Å². The minimum Gasteiger partial charge on any atom is -0.466 e. The summed E-state index contributed by atoms with van der Waals surface area (Å²) in [6, 6.07) is 8.63. The van der Waals surface area contributed by atoms with E-state index in [2.05, 4.69) is 15.3 Å². The van der Waals surface area contributed by atoms with Gasteiger partial charge in [-0.1, -0.05) is 18.2 Å². The molecule has 0 spiro atoms. The molecule has 0 aliphatic rings. The number of carbonyl (C=O) groups is 2. The van der Waals surface area contributed by atoms with Gasteiger partial charge in [-0.25, -0.2) is 4.98 Å². The lowest BCUT2D eigenvalue weighted by atomic mass is 10.1. The summed E-state index contributed by atoms with van der Waals surface area (Å²) in [5.74, 6) is -0.843. The largest absolute Gasteiger partial charge is 0.466 e. The molecule has 3 aromatic rings. The molecule has 0 saturated carbocycles. The first-order chi connectivity index (χ1) is 12.1. The topological polar surface area (TPSA) is 101 Å². The third-order valence-electron chi connectivity index (χ3n) is 3.40. The highest BCUT2D eigenvalue weighted by Gasteiger charge is 2.13. The average molecular weight is 357 g/mol. The van der Waals surface area contributed by atoms with E-state index in [9.17, 15) is 14.4 Å². The second-order valence-electron chi connectivity index (χ2n) is 5.18. The van der Waals surface area contributed by atoms with Crippen LogP contribution in [-0.4, -0.2) is 28.5 Å². The number of H-pyrrole nitrogens is 1. The molecule has 2 heterocycles. The van der Waals surface area contributed by atoms with Gasteiger partial charge in [0.15, 0.2) is 5.13 Å². The molecule has 7 nitrogen and oxygen atoms in total. The van der Waals surface area contributed by atoms with Crippen LogP contribution in [0.5, 0.6) is 0 Å². The fraction of sp³-hybridized carbons (Fsp3) is 0.176. The lowest BCUT2D eigenvalue weighted by Gasteiger charge is -2.03. The molecular weight excluding hydrogens is 342 g/mol. The molecule has 0 bridgehead atoms. The van der Waals surface area contributed by atoms with Crippen molar-refractivity contribution in [3.05, 3.63) is 57.5 Å². The standard InChI is InChI=1S/C17H15N3O4S/c1-2-24-14(21)8-11-9-25-17(18-11)20-16(23)13-7-10-5-3-4-6-12(10)15(22)19-13/h3-7,9H,2,8H2,1H3,(H,19,22)(H,18,20,23). The molecule has 128 valence electrons. The number of anilines is 1. The third kappa shape index (κ3) is 3.92. The van der Waals surface area contributed by atoms with Gasteiger partial charge in [-0.2, -0.15) is 0 Å². The summed E-state index contributed by atoms with van der Waals surface area (Å²) in [5.41, 5.74) is 0.335. The number of thiazole rings is 1. The summed E-state index contributed by atoms with van der Waals surface area (Å²) in [5, 5.41) is 5.84. The lowest BCUT2D eigenvalue weighted by molar-refractivity contribution is -0.142. The Hall–Kier alpha value is -3.00. The molecule has 2 aromatic heterocycles. The summed E-state index contributed by atoms with van der Waals surface area (Å²) in [4.78, 5) is 42.6. The number of nitrogens with zero attached hydrogens (tertiary/aromatic N) is 1. The van der Waals surface area contributed by atoms with Crippen molar-refractivity contribution < 1.29 is 14.3 Å². The summed E-state index contributed by atoms with van der Waals surface area (Å²) in [6.45, 7) is 2.04. The van der Waals surface area contributed by atoms with E-state index in [1.807, 2.05) is 0 Å². The number of carbonyl (C=O) groups excluding carboxylic acids is 2. The molecule has 1 amide bonds. The first kappa shape index (κ1) is 16.8. The van der Waals surface area contributed by atoms with Gasteiger partial charge in [-0.05, 0) is 24.4 Å². The molecule has 1 aromatic carbocycles. The molecule has 0 radical (unpaired) electrons. The van der Waals surface area contributed by atoms with Crippen LogP contribution in [0.3, 0.4) is 0 Å². The number of aromatic nitrogens is 2. The predicted molar refractivity (Wildman–Crippen MR) is 95.0 cm³/mol. The van der Waals surface area contributed by atoms with Crippen LogP contribution in [0, 0.1) is 0 Å². The number of ether oxygens (including phenoxy) is 1. The first-order valence-electron chi connectivity index (χ1n) is 7.60. The van der Waals surface area contributed by atoms with Gasteiger partial charge in [0.1, 0.15) is 5.69 Å². The van der Waals surface area contributed by atoms with E-state index in [1.54, 1.807) is 42.6 Å². The highest BCUT2D eigenvalue weighted by molar-refractivity contribution is 7.14. The van der Waals surface area contributed by atoms with Gasteiger partial charge in [-0.3, -0.25) is 19.7 Å². The van der Waals surface area contributed by atoms with Crippen molar-refractivity contribution in [2.75, 3.05) is 11.9 Å². The molecule has 0 atom stereocenters. The van der Waals surface area contributed by atoms with Crippen molar-refractivity contribution in [3.8, 4) is 0 Å². The molecular formula is C17H15N3O4S. The Bertz CT molecular complexity index is 993. The Labute approximate surface area is 146 Å². The normalized spacial score (nSPS) is 10.6. The van der Waals surface area contributed by atoms with Gasteiger partial charge < -0.3 is 9.72 Å². The maximum absolute atomic E-state index is 12.3. The summed E-state index contributed by atoms with van der Waals surface area (Å²) in [7, 11) is 0.